The van der Waals surface area contributed by atoms with Crippen molar-refractivity contribution < 1.29 is 13.2 Å². The summed E-state index contributed by atoms with van der Waals surface area (Å²) >= 11 is 1.49. The van der Waals surface area contributed by atoms with E-state index in [0.29, 0.717) is 27.4 Å². The van der Waals surface area contributed by atoms with E-state index in [1.54, 1.807) is 17.6 Å². The fourth-order valence-corrected chi connectivity index (χ4v) is 6.06. The Hall–Kier alpha value is -2.70. The summed E-state index contributed by atoms with van der Waals surface area (Å²) in [5.74, 6) is -0.226. The zero-order valence-electron chi connectivity index (χ0n) is 17.5. The normalized spacial score (nSPS) is 15.1. The van der Waals surface area contributed by atoms with E-state index in [1.807, 2.05) is 18.2 Å². The van der Waals surface area contributed by atoms with Crippen molar-refractivity contribution in [1.29, 1.82) is 5.26 Å². The van der Waals surface area contributed by atoms with Gasteiger partial charge in [-0.3, -0.25) is 4.79 Å². The van der Waals surface area contributed by atoms with Crippen molar-refractivity contribution in [3.8, 4) is 6.07 Å². The highest BCUT2D eigenvalue weighted by atomic mass is 32.2. The molecule has 2 aromatic heterocycles. The van der Waals surface area contributed by atoms with E-state index in [2.05, 4.69) is 16.4 Å². The van der Waals surface area contributed by atoms with Gasteiger partial charge in [0.05, 0.1) is 16.6 Å². The maximum atomic E-state index is 13.2. The number of rotatable bonds is 5. The Labute approximate surface area is 185 Å². The number of aryl methyl sites for hydroxylation is 1. The van der Waals surface area contributed by atoms with Gasteiger partial charge in [0, 0.05) is 11.1 Å². The first kappa shape index (κ1) is 21.5. The largest absolute Gasteiger partial charge is 0.315 e. The van der Waals surface area contributed by atoms with Gasteiger partial charge >= 0.3 is 0 Å². The molecule has 0 bridgehead atoms. The number of benzene rings is 1. The molecule has 162 valence electrons. The monoisotopic (exact) mass is 456 g/mol. The van der Waals surface area contributed by atoms with Gasteiger partial charge in [0.25, 0.3) is 0 Å². The topological polar surface area (TPSA) is 105 Å². The van der Waals surface area contributed by atoms with Gasteiger partial charge in [-0.1, -0.05) is 18.6 Å². The van der Waals surface area contributed by atoms with Crippen molar-refractivity contribution in [2.75, 3.05) is 11.6 Å². The van der Waals surface area contributed by atoms with Crippen LogP contribution in [0.5, 0.6) is 0 Å². The van der Waals surface area contributed by atoms with Gasteiger partial charge in [-0.25, -0.2) is 13.4 Å². The number of carbonyl (C=O) groups excluding carboxylic acids is 1. The van der Waals surface area contributed by atoms with Crippen LogP contribution in [0.1, 0.15) is 54.1 Å². The Morgan fingerprint density at radius 3 is 2.77 bits per heavy atom. The van der Waals surface area contributed by atoms with Gasteiger partial charge in [-0.15, -0.1) is 11.3 Å². The lowest BCUT2D eigenvalue weighted by Crippen LogP contribution is -2.25. The molecule has 1 atom stereocenters. The molecule has 0 radical (unpaired) electrons. The second kappa shape index (κ2) is 8.44. The van der Waals surface area contributed by atoms with Crippen LogP contribution < -0.4 is 5.32 Å². The Morgan fingerprint density at radius 2 is 2.03 bits per heavy atom. The number of nitrogens with zero attached hydrogens (tertiary/aromatic N) is 3. The maximum absolute atomic E-state index is 13.2. The third-order valence-electron chi connectivity index (χ3n) is 5.60. The zero-order chi connectivity index (χ0) is 22.2. The van der Waals surface area contributed by atoms with E-state index >= 15 is 0 Å². The second-order valence-corrected chi connectivity index (χ2v) is 11.2. The standard InChI is InChI=1S/C22H24N4O3S2/c1-14(26-18-10-7-6-9-17(18)24-20(26)13-31(2,28)29)21(27)25-22-16(12-23)15-8-4-3-5-11-19(15)30-22/h6-7,9-10,14H,3-5,8,11,13H2,1-2H3,(H,25,27). The number of sulfone groups is 1. The number of fused-ring (bicyclic) bond motifs is 2. The number of hydrogen-bond donors (Lipinski definition) is 1. The van der Waals surface area contributed by atoms with E-state index < -0.39 is 15.9 Å². The van der Waals surface area contributed by atoms with Gasteiger partial charge in [0.2, 0.25) is 5.91 Å². The molecule has 31 heavy (non-hydrogen) atoms. The summed E-state index contributed by atoms with van der Waals surface area (Å²) in [4.78, 5) is 18.9. The number of thiophene rings is 1. The van der Waals surface area contributed by atoms with Crippen LogP contribution in [-0.2, 0) is 33.2 Å². The molecular weight excluding hydrogens is 432 g/mol. The molecule has 2 heterocycles. The third kappa shape index (κ3) is 4.36. The SMILES string of the molecule is CC(C(=O)Nc1sc2c(c1C#N)CCCCC2)n1c(CS(C)(=O)=O)nc2ccccc21. The van der Waals surface area contributed by atoms with Gasteiger partial charge in [0.1, 0.15) is 28.7 Å². The minimum absolute atomic E-state index is 0.254. The highest BCUT2D eigenvalue weighted by molar-refractivity contribution is 7.89. The van der Waals surface area contributed by atoms with Crippen LogP contribution in [0.2, 0.25) is 0 Å². The molecule has 0 fully saturated rings. The summed E-state index contributed by atoms with van der Waals surface area (Å²) < 4.78 is 25.6. The molecule has 1 amide bonds. The van der Waals surface area contributed by atoms with Crippen LogP contribution >= 0.6 is 11.3 Å². The average Bonchev–Trinajstić information content (AvgIpc) is 3.13. The number of hydrogen-bond acceptors (Lipinski definition) is 6. The molecule has 1 aliphatic rings. The lowest BCUT2D eigenvalue weighted by molar-refractivity contribution is -0.118. The molecular formula is C22H24N4O3S2. The molecule has 0 aliphatic heterocycles. The number of amides is 1. The van der Waals surface area contributed by atoms with Gasteiger partial charge in [0.15, 0.2) is 9.84 Å². The number of nitrogens with one attached hydrogen (secondary N) is 1. The number of para-hydroxylation sites is 2. The number of nitriles is 1. The summed E-state index contributed by atoms with van der Waals surface area (Å²) in [7, 11) is -3.34. The van der Waals surface area contributed by atoms with Gasteiger partial charge in [-0.05, 0) is 50.3 Å². The molecule has 3 aromatic rings. The van der Waals surface area contributed by atoms with Crippen LogP contribution in [-0.4, -0.2) is 30.1 Å². The van der Waals surface area contributed by atoms with Crippen molar-refractivity contribution >= 4 is 43.1 Å². The zero-order valence-corrected chi connectivity index (χ0v) is 19.1. The molecule has 4 rings (SSSR count). The number of imidazole rings is 1. The number of anilines is 1. The van der Waals surface area contributed by atoms with E-state index in [0.717, 1.165) is 43.9 Å². The molecule has 9 heteroatoms. The lowest BCUT2D eigenvalue weighted by Gasteiger charge is -2.17. The van der Waals surface area contributed by atoms with Crippen LogP contribution in [0.25, 0.3) is 11.0 Å². The van der Waals surface area contributed by atoms with E-state index in [-0.39, 0.29) is 11.7 Å². The summed E-state index contributed by atoms with van der Waals surface area (Å²) in [6.07, 6.45) is 6.26. The van der Waals surface area contributed by atoms with E-state index in [9.17, 15) is 18.5 Å². The van der Waals surface area contributed by atoms with E-state index in [1.165, 1.54) is 16.2 Å². The highest BCUT2D eigenvalue weighted by Gasteiger charge is 2.26. The first-order chi connectivity index (χ1) is 14.8. The first-order valence-electron chi connectivity index (χ1n) is 10.3. The minimum atomic E-state index is -3.34. The molecule has 0 spiro atoms. The molecule has 0 saturated heterocycles. The van der Waals surface area contributed by atoms with Crippen LogP contribution in [0.15, 0.2) is 24.3 Å². The summed E-state index contributed by atoms with van der Waals surface area (Å²) in [6, 6.07) is 8.87. The molecule has 0 saturated carbocycles. The smallest absolute Gasteiger partial charge is 0.247 e. The first-order valence-corrected chi connectivity index (χ1v) is 13.1. The predicted octanol–water partition coefficient (Wildman–Crippen LogP) is 3.98. The van der Waals surface area contributed by atoms with Gasteiger partial charge in [-0.2, -0.15) is 5.26 Å². The fraction of sp³-hybridized carbons (Fsp3) is 0.409. The molecule has 1 N–H and O–H groups in total. The molecule has 1 aromatic carbocycles. The molecule has 7 nitrogen and oxygen atoms in total. The van der Waals surface area contributed by atoms with E-state index in [4.69, 9.17) is 0 Å². The van der Waals surface area contributed by atoms with Crippen LogP contribution in [0.4, 0.5) is 5.00 Å². The highest BCUT2D eigenvalue weighted by Crippen LogP contribution is 2.37. The minimum Gasteiger partial charge on any atom is -0.315 e. The average molecular weight is 457 g/mol. The second-order valence-electron chi connectivity index (χ2n) is 8.00. The Kier molecular flexibility index (Phi) is 5.86. The maximum Gasteiger partial charge on any atom is 0.247 e. The molecule has 1 aliphatic carbocycles. The lowest BCUT2D eigenvalue weighted by atomic mass is 10.1. The summed E-state index contributed by atoms with van der Waals surface area (Å²) in [6.45, 7) is 1.72. The van der Waals surface area contributed by atoms with Crippen LogP contribution in [0, 0.1) is 11.3 Å². The number of aromatic nitrogens is 2. The Balaban J connectivity index is 1.69. The predicted molar refractivity (Wildman–Crippen MR) is 122 cm³/mol. The van der Waals surface area contributed by atoms with Crippen molar-refractivity contribution in [3.63, 3.8) is 0 Å². The van der Waals surface area contributed by atoms with Crippen molar-refractivity contribution in [3.05, 3.63) is 46.1 Å². The van der Waals surface area contributed by atoms with Crippen molar-refractivity contribution in [1.82, 2.24) is 9.55 Å². The molecule has 1 unspecified atom stereocenters. The Bertz CT molecular complexity index is 1300. The fourth-order valence-electron chi connectivity index (χ4n) is 4.15. The van der Waals surface area contributed by atoms with Gasteiger partial charge < -0.3 is 9.88 Å². The Morgan fingerprint density at radius 1 is 1.29 bits per heavy atom. The van der Waals surface area contributed by atoms with Crippen molar-refractivity contribution in [2.45, 2.75) is 50.8 Å². The number of carbonyl (C=O) groups is 1. The summed E-state index contributed by atoms with van der Waals surface area (Å²) in [5, 5.41) is 13.3. The third-order valence-corrected chi connectivity index (χ3v) is 7.59. The summed E-state index contributed by atoms with van der Waals surface area (Å²) in [5.41, 5.74) is 2.97. The van der Waals surface area contributed by atoms with Crippen molar-refractivity contribution in [2.24, 2.45) is 0 Å². The quantitative estimate of drug-likeness (QED) is 0.585. The van der Waals surface area contributed by atoms with Crippen LogP contribution in [0.3, 0.4) is 0 Å².